The third kappa shape index (κ3) is 5.73. The lowest BCUT2D eigenvalue weighted by Crippen LogP contribution is -2.40. The van der Waals surface area contributed by atoms with E-state index in [1.54, 1.807) is 24.3 Å². The summed E-state index contributed by atoms with van der Waals surface area (Å²) in [6, 6.07) is 10.7. The van der Waals surface area contributed by atoms with Crippen LogP contribution in [0.5, 0.6) is 5.75 Å². The molecule has 31 heavy (non-hydrogen) atoms. The number of carbonyl (C=O) groups excluding carboxylic acids is 2. The Morgan fingerprint density at radius 3 is 2.58 bits per heavy atom. The lowest BCUT2D eigenvalue weighted by molar-refractivity contribution is -0.118. The van der Waals surface area contributed by atoms with Crippen LogP contribution >= 0.6 is 11.6 Å². The van der Waals surface area contributed by atoms with Crippen molar-refractivity contribution in [1.82, 2.24) is 4.31 Å². The second-order valence-electron chi connectivity index (χ2n) is 6.68. The minimum Gasteiger partial charge on any atom is -0.491 e. The molecule has 0 aromatic heterocycles. The van der Waals surface area contributed by atoms with Gasteiger partial charge in [0.05, 0.1) is 37.0 Å². The van der Waals surface area contributed by atoms with E-state index in [9.17, 15) is 18.0 Å². The molecule has 0 aliphatic carbocycles. The highest BCUT2D eigenvalue weighted by atomic mass is 35.5. The highest BCUT2D eigenvalue weighted by Crippen LogP contribution is 2.28. The number of nitrogens with zero attached hydrogens (tertiary/aromatic N) is 1. The van der Waals surface area contributed by atoms with Gasteiger partial charge in [0.2, 0.25) is 15.9 Å². The Bertz CT molecular complexity index is 1070. The zero-order valence-corrected chi connectivity index (χ0v) is 18.1. The summed E-state index contributed by atoms with van der Waals surface area (Å²) in [5.74, 6) is -0.690. The minimum atomic E-state index is -3.88. The van der Waals surface area contributed by atoms with Gasteiger partial charge in [-0.1, -0.05) is 23.7 Å². The molecule has 3 N–H and O–H groups in total. The summed E-state index contributed by atoms with van der Waals surface area (Å²) < 4.78 is 37.9. The van der Waals surface area contributed by atoms with Crippen LogP contribution in [-0.4, -0.2) is 57.4 Å². The van der Waals surface area contributed by atoms with Crippen LogP contribution in [-0.2, 0) is 19.6 Å². The fraction of sp³-hybridized carbons (Fsp3) is 0.300. The smallest absolute Gasteiger partial charge is 0.255 e. The molecule has 9 nitrogen and oxygen atoms in total. The van der Waals surface area contributed by atoms with Crippen LogP contribution in [0.4, 0.5) is 5.69 Å². The summed E-state index contributed by atoms with van der Waals surface area (Å²) in [5.41, 5.74) is 5.59. The van der Waals surface area contributed by atoms with Gasteiger partial charge >= 0.3 is 0 Å². The van der Waals surface area contributed by atoms with E-state index in [0.29, 0.717) is 24.7 Å². The van der Waals surface area contributed by atoms with Crippen molar-refractivity contribution in [2.45, 2.75) is 11.3 Å². The molecule has 0 bridgehead atoms. The Kier molecular flexibility index (Phi) is 7.50. The van der Waals surface area contributed by atoms with Crippen molar-refractivity contribution >= 4 is 39.1 Å². The molecular formula is C20H22ClN3O6S. The molecule has 1 fully saturated rings. The summed E-state index contributed by atoms with van der Waals surface area (Å²) >= 11 is 6.15. The molecule has 0 radical (unpaired) electrons. The summed E-state index contributed by atoms with van der Waals surface area (Å²) in [6.07, 6.45) is 0.0300. The van der Waals surface area contributed by atoms with Gasteiger partial charge in [-0.15, -0.1) is 0 Å². The molecule has 2 aromatic rings. The van der Waals surface area contributed by atoms with E-state index in [-0.39, 0.29) is 41.6 Å². The number of rotatable bonds is 8. The van der Waals surface area contributed by atoms with Gasteiger partial charge < -0.3 is 20.5 Å². The first-order valence-corrected chi connectivity index (χ1v) is 11.3. The Morgan fingerprint density at radius 1 is 1.16 bits per heavy atom. The third-order valence-electron chi connectivity index (χ3n) is 4.52. The van der Waals surface area contributed by atoms with E-state index in [1.807, 2.05) is 0 Å². The van der Waals surface area contributed by atoms with Gasteiger partial charge in [-0.3, -0.25) is 9.59 Å². The molecule has 11 heteroatoms. The molecule has 0 unspecified atom stereocenters. The molecule has 2 aromatic carbocycles. The molecule has 0 spiro atoms. The summed E-state index contributed by atoms with van der Waals surface area (Å²) in [6.45, 7) is 1.08. The van der Waals surface area contributed by atoms with E-state index >= 15 is 0 Å². The molecule has 2 amide bonds. The number of hydrogen-bond acceptors (Lipinski definition) is 6. The number of carbonyl (C=O) groups is 2. The van der Waals surface area contributed by atoms with E-state index in [1.165, 1.54) is 22.5 Å². The fourth-order valence-corrected chi connectivity index (χ4v) is 4.83. The summed E-state index contributed by atoms with van der Waals surface area (Å²) in [5, 5.41) is 2.72. The number of primary amides is 1. The predicted molar refractivity (Wildman–Crippen MR) is 115 cm³/mol. The van der Waals surface area contributed by atoms with Crippen molar-refractivity contribution in [2.75, 3.05) is 38.2 Å². The highest BCUT2D eigenvalue weighted by molar-refractivity contribution is 7.89. The second kappa shape index (κ2) is 10.1. The average Bonchev–Trinajstić information content (AvgIpc) is 2.75. The Morgan fingerprint density at radius 2 is 1.87 bits per heavy atom. The number of amides is 2. The predicted octanol–water partition coefficient (Wildman–Crippen LogP) is 1.87. The minimum absolute atomic E-state index is 0.0261. The normalized spacial score (nSPS) is 14.7. The molecule has 166 valence electrons. The molecular weight excluding hydrogens is 446 g/mol. The van der Waals surface area contributed by atoms with E-state index < -0.39 is 21.8 Å². The monoisotopic (exact) mass is 467 g/mol. The Balaban J connectivity index is 1.81. The van der Waals surface area contributed by atoms with Crippen LogP contribution in [0.2, 0.25) is 5.02 Å². The number of sulfonamides is 1. The number of nitrogens with two attached hydrogens (primary N) is 1. The fourth-order valence-electron chi connectivity index (χ4n) is 2.92. The van der Waals surface area contributed by atoms with Crippen LogP contribution in [0, 0.1) is 0 Å². The van der Waals surface area contributed by atoms with E-state index in [0.717, 1.165) is 0 Å². The number of morpholine rings is 1. The number of halogens is 1. The second-order valence-corrected chi connectivity index (χ2v) is 8.99. The van der Waals surface area contributed by atoms with E-state index in [2.05, 4.69) is 5.32 Å². The number of ether oxygens (including phenoxy) is 2. The quantitative estimate of drug-likeness (QED) is 0.609. The highest BCUT2D eigenvalue weighted by Gasteiger charge is 2.29. The number of anilines is 1. The van der Waals surface area contributed by atoms with Crippen molar-refractivity contribution in [3.63, 3.8) is 0 Å². The zero-order chi connectivity index (χ0) is 22.4. The van der Waals surface area contributed by atoms with Crippen LogP contribution in [0.1, 0.15) is 16.8 Å². The maximum Gasteiger partial charge on any atom is 0.255 e. The van der Waals surface area contributed by atoms with Crippen LogP contribution in [0.3, 0.4) is 0 Å². The molecule has 1 aliphatic rings. The first kappa shape index (κ1) is 23.0. The van der Waals surface area contributed by atoms with Gasteiger partial charge in [-0.05, 0) is 30.3 Å². The first-order chi connectivity index (χ1) is 14.8. The maximum absolute atomic E-state index is 13.0. The van der Waals surface area contributed by atoms with E-state index in [4.69, 9.17) is 26.8 Å². The topological polar surface area (TPSA) is 128 Å². The first-order valence-electron chi connectivity index (χ1n) is 9.48. The summed E-state index contributed by atoms with van der Waals surface area (Å²) in [7, 11) is -3.88. The standard InChI is InChI=1S/C20H22ClN3O6S/c21-15-6-5-14(13-18(15)31(27,28)24-8-11-29-12-9-24)20(26)23-16-3-1-2-4-17(16)30-10-7-19(22)25/h1-6,13H,7-12H2,(H2,22,25)(H,23,26). The van der Waals surface area contributed by atoms with Gasteiger partial charge in [0, 0.05) is 18.7 Å². The van der Waals surface area contributed by atoms with Crippen molar-refractivity contribution in [1.29, 1.82) is 0 Å². The third-order valence-corrected chi connectivity index (χ3v) is 6.90. The van der Waals surface area contributed by atoms with Crippen molar-refractivity contribution in [3.05, 3.63) is 53.1 Å². The largest absolute Gasteiger partial charge is 0.491 e. The van der Waals surface area contributed by atoms with Crippen LogP contribution in [0.25, 0.3) is 0 Å². The Labute approximate surface area is 185 Å². The molecule has 1 saturated heterocycles. The molecule has 1 heterocycles. The van der Waals surface area contributed by atoms with Crippen molar-refractivity contribution < 1.29 is 27.5 Å². The lowest BCUT2D eigenvalue weighted by Gasteiger charge is -2.26. The van der Waals surface area contributed by atoms with Crippen molar-refractivity contribution in [2.24, 2.45) is 5.73 Å². The van der Waals surface area contributed by atoms with Gasteiger partial charge in [-0.25, -0.2) is 8.42 Å². The van der Waals surface area contributed by atoms with Crippen LogP contribution < -0.4 is 15.8 Å². The van der Waals surface area contributed by atoms with Gasteiger partial charge in [0.15, 0.2) is 0 Å². The number of nitrogens with one attached hydrogen (secondary N) is 1. The SMILES string of the molecule is NC(=O)CCOc1ccccc1NC(=O)c1ccc(Cl)c(S(=O)(=O)N2CCOCC2)c1. The summed E-state index contributed by atoms with van der Waals surface area (Å²) in [4.78, 5) is 23.6. The Hall–Kier alpha value is -2.66. The lowest BCUT2D eigenvalue weighted by atomic mass is 10.2. The molecule has 3 rings (SSSR count). The van der Waals surface area contributed by atoms with Gasteiger partial charge in [-0.2, -0.15) is 4.31 Å². The zero-order valence-electron chi connectivity index (χ0n) is 16.5. The van der Waals surface area contributed by atoms with Crippen molar-refractivity contribution in [3.8, 4) is 5.75 Å². The number of benzene rings is 2. The molecule has 0 saturated carbocycles. The molecule has 1 aliphatic heterocycles. The average molecular weight is 468 g/mol. The molecule has 0 atom stereocenters. The van der Waals surface area contributed by atoms with Crippen LogP contribution in [0.15, 0.2) is 47.4 Å². The van der Waals surface area contributed by atoms with Gasteiger partial charge in [0.1, 0.15) is 10.6 Å². The number of hydrogen-bond donors (Lipinski definition) is 2. The number of para-hydroxylation sites is 2. The maximum atomic E-state index is 13.0. The van der Waals surface area contributed by atoms with Gasteiger partial charge in [0.25, 0.3) is 5.91 Å².